The van der Waals surface area contributed by atoms with Crippen LogP contribution in [0.4, 0.5) is 4.79 Å². The van der Waals surface area contributed by atoms with Crippen molar-refractivity contribution in [2.45, 2.75) is 85.1 Å². The van der Waals surface area contributed by atoms with Gasteiger partial charge in [0.05, 0.1) is 36.3 Å². The number of nitrogens with one attached hydrogen (secondary N) is 3. The van der Waals surface area contributed by atoms with Gasteiger partial charge in [-0.25, -0.2) is 14.8 Å². The minimum Gasteiger partial charge on any atom is -0.488 e. The van der Waals surface area contributed by atoms with E-state index in [9.17, 15) is 4.79 Å². The van der Waals surface area contributed by atoms with E-state index in [1.807, 2.05) is 33.9 Å². The van der Waals surface area contributed by atoms with Crippen molar-refractivity contribution in [1.82, 2.24) is 30.2 Å². The van der Waals surface area contributed by atoms with Crippen LogP contribution in [0, 0.1) is 25.7 Å². The first-order valence-corrected chi connectivity index (χ1v) is 17.3. The molecule has 7 rings (SSSR count). The molecule has 0 spiro atoms. The predicted octanol–water partition coefficient (Wildman–Crippen LogP) is 7.65. The Morgan fingerprint density at radius 2 is 1.88 bits per heavy atom. The molecule has 48 heavy (non-hydrogen) atoms. The molecule has 4 unspecified atom stereocenters. The van der Waals surface area contributed by atoms with Gasteiger partial charge < -0.3 is 29.5 Å². The standard InChI is InChI=1S/C38H48N6O4/c1-8-23-12-30(39-16-23)35-40-17-31(42-35)25-9-10-27-26(14-25)20-47-33-15-28(21(2)11-29(27)33)34-22(3)41-36(43-34)32-13-24(19-46-7)18-44(32)37(45)48-38(4,5)6/h9-11,14-15,17,23-24,30,32,39H,8,12-13,16,18-20H2,1-7H3,(H,40,42)(H,41,43). The van der Waals surface area contributed by atoms with Crippen LogP contribution < -0.4 is 10.1 Å². The second-order valence-electron chi connectivity index (χ2n) is 14.8. The van der Waals surface area contributed by atoms with E-state index in [0.717, 1.165) is 81.7 Å². The van der Waals surface area contributed by atoms with Crippen LogP contribution in [0.2, 0.25) is 0 Å². The number of likely N-dealkylation sites (tertiary alicyclic amines) is 1. The van der Waals surface area contributed by atoms with Gasteiger partial charge in [-0.3, -0.25) is 4.90 Å². The van der Waals surface area contributed by atoms with Crippen molar-refractivity contribution in [3.8, 4) is 39.4 Å². The number of carbonyl (C=O) groups excluding carboxylic acids is 1. The summed E-state index contributed by atoms with van der Waals surface area (Å²) in [6, 6.07) is 11.0. The van der Waals surface area contributed by atoms with Crippen LogP contribution in [-0.2, 0) is 16.1 Å². The Morgan fingerprint density at radius 1 is 1.04 bits per heavy atom. The molecule has 2 fully saturated rings. The average Bonchev–Trinajstić information content (AvgIpc) is 3.86. The number of ether oxygens (including phenoxy) is 3. The number of rotatable bonds is 7. The second kappa shape index (κ2) is 12.7. The van der Waals surface area contributed by atoms with Crippen molar-refractivity contribution in [3.63, 3.8) is 0 Å². The summed E-state index contributed by atoms with van der Waals surface area (Å²) >= 11 is 0. The lowest BCUT2D eigenvalue weighted by Crippen LogP contribution is -2.37. The molecule has 4 aromatic rings. The number of imidazole rings is 2. The zero-order chi connectivity index (χ0) is 33.7. The van der Waals surface area contributed by atoms with E-state index in [0.29, 0.717) is 25.7 Å². The molecule has 1 amide bonds. The number of benzene rings is 2. The smallest absolute Gasteiger partial charge is 0.410 e. The summed E-state index contributed by atoms with van der Waals surface area (Å²) in [5.41, 5.74) is 8.90. The van der Waals surface area contributed by atoms with Crippen molar-refractivity contribution in [3.05, 3.63) is 65.0 Å². The van der Waals surface area contributed by atoms with Gasteiger partial charge >= 0.3 is 6.09 Å². The lowest BCUT2D eigenvalue weighted by Gasteiger charge is -2.27. The zero-order valence-corrected chi connectivity index (χ0v) is 29.2. The van der Waals surface area contributed by atoms with Crippen LogP contribution in [0.5, 0.6) is 5.75 Å². The molecule has 2 aromatic heterocycles. The first-order valence-electron chi connectivity index (χ1n) is 17.3. The zero-order valence-electron chi connectivity index (χ0n) is 29.2. The number of aromatic nitrogens is 4. The molecule has 4 atom stereocenters. The van der Waals surface area contributed by atoms with E-state index in [1.54, 1.807) is 12.0 Å². The van der Waals surface area contributed by atoms with E-state index < -0.39 is 5.60 Å². The fourth-order valence-electron chi connectivity index (χ4n) is 7.53. The fraction of sp³-hybridized carbons (Fsp3) is 0.500. The van der Waals surface area contributed by atoms with Gasteiger partial charge in [0, 0.05) is 36.4 Å². The Bertz CT molecular complexity index is 1820. The second-order valence-corrected chi connectivity index (χ2v) is 14.8. The Balaban J connectivity index is 1.14. The highest BCUT2D eigenvalue weighted by Gasteiger charge is 2.40. The molecule has 3 aliphatic rings. The lowest BCUT2D eigenvalue weighted by atomic mass is 9.91. The molecular weight excluding hydrogens is 604 g/mol. The normalized spacial score (nSPS) is 22.0. The molecule has 3 aliphatic heterocycles. The van der Waals surface area contributed by atoms with E-state index in [-0.39, 0.29) is 24.1 Å². The number of aryl methyl sites for hydroxylation is 2. The van der Waals surface area contributed by atoms with E-state index in [2.05, 4.69) is 59.5 Å². The van der Waals surface area contributed by atoms with Crippen molar-refractivity contribution in [2.24, 2.45) is 11.8 Å². The van der Waals surface area contributed by atoms with Gasteiger partial charge in [0.2, 0.25) is 0 Å². The summed E-state index contributed by atoms with van der Waals surface area (Å²) in [6.07, 6.45) is 4.69. The number of nitrogens with zero attached hydrogens (tertiary/aromatic N) is 3. The minimum atomic E-state index is -0.584. The van der Waals surface area contributed by atoms with Crippen LogP contribution >= 0.6 is 0 Å². The molecule has 3 N–H and O–H groups in total. The third-order valence-electron chi connectivity index (χ3n) is 10.0. The Hall–Kier alpha value is -4.15. The highest BCUT2D eigenvalue weighted by atomic mass is 16.6. The van der Waals surface area contributed by atoms with Crippen molar-refractivity contribution >= 4 is 6.09 Å². The van der Waals surface area contributed by atoms with Crippen LogP contribution in [0.15, 0.2) is 36.5 Å². The molecule has 2 aromatic carbocycles. The lowest BCUT2D eigenvalue weighted by molar-refractivity contribution is 0.0208. The van der Waals surface area contributed by atoms with E-state index >= 15 is 0 Å². The molecule has 254 valence electrons. The number of H-pyrrole nitrogens is 2. The monoisotopic (exact) mass is 652 g/mol. The van der Waals surface area contributed by atoms with Crippen molar-refractivity contribution in [2.75, 3.05) is 26.8 Å². The highest BCUT2D eigenvalue weighted by molar-refractivity contribution is 5.82. The summed E-state index contributed by atoms with van der Waals surface area (Å²) in [6.45, 7) is 14.8. The van der Waals surface area contributed by atoms with Crippen LogP contribution in [0.1, 0.15) is 87.5 Å². The van der Waals surface area contributed by atoms with E-state index in [4.69, 9.17) is 24.2 Å². The number of amides is 1. The highest BCUT2D eigenvalue weighted by Crippen LogP contribution is 2.44. The quantitative estimate of drug-likeness (QED) is 0.188. The average molecular weight is 653 g/mol. The Kier molecular flexibility index (Phi) is 8.58. The molecular formula is C38H48N6O4. The van der Waals surface area contributed by atoms with E-state index in [1.165, 1.54) is 12.0 Å². The number of aromatic amines is 2. The maximum Gasteiger partial charge on any atom is 0.410 e. The van der Waals surface area contributed by atoms with Crippen LogP contribution in [0.25, 0.3) is 33.6 Å². The minimum absolute atomic E-state index is 0.203. The molecule has 10 heteroatoms. The van der Waals surface area contributed by atoms with Gasteiger partial charge in [-0.15, -0.1) is 0 Å². The van der Waals surface area contributed by atoms with Crippen molar-refractivity contribution in [1.29, 1.82) is 0 Å². The summed E-state index contributed by atoms with van der Waals surface area (Å²) in [5, 5.41) is 3.61. The number of hydrogen-bond donors (Lipinski definition) is 3. The van der Waals surface area contributed by atoms with Gasteiger partial charge in [0.15, 0.2) is 0 Å². The number of hydrogen-bond acceptors (Lipinski definition) is 7. The number of carbonyl (C=O) groups is 1. The maximum atomic E-state index is 13.2. The molecule has 0 radical (unpaired) electrons. The largest absolute Gasteiger partial charge is 0.488 e. The number of methoxy groups -OCH3 is 1. The fourth-order valence-corrected chi connectivity index (χ4v) is 7.53. The summed E-state index contributed by atoms with van der Waals surface area (Å²) in [5.74, 6) is 3.54. The topological polar surface area (TPSA) is 117 Å². The van der Waals surface area contributed by atoms with Gasteiger partial charge in [-0.1, -0.05) is 25.5 Å². The van der Waals surface area contributed by atoms with Crippen molar-refractivity contribution < 1.29 is 19.0 Å². The molecule has 10 nitrogen and oxygen atoms in total. The van der Waals surface area contributed by atoms with Gasteiger partial charge in [-0.05, 0) is 100 Å². The first kappa shape index (κ1) is 32.4. The summed E-state index contributed by atoms with van der Waals surface area (Å²) in [7, 11) is 1.70. The Labute approximate surface area is 283 Å². The molecule has 0 bridgehead atoms. The van der Waals surface area contributed by atoms with Crippen LogP contribution in [0.3, 0.4) is 0 Å². The first-order chi connectivity index (χ1) is 23.0. The summed E-state index contributed by atoms with van der Waals surface area (Å²) in [4.78, 5) is 32.0. The maximum absolute atomic E-state index is 13.2. The SMILES string of the molecule is CCC1CNC(c2ncc(-c3ccc4c(c3)COc3cc(-c5nc(C6CC(COC)CN6C(=O)OC(C)(C)C)[nH]c5C)c(C)cc3-4)[nH]2)C1. The summed E-state index contributed by atoms with van der Waals surface area (Å²) < 4.78 is 17.6. The molecule has 5 heterocycles. The van der Waals surface area contributed by atoms with Crippen LogP contribution in [-0.4, -0.2) is 63.3 Å². The molecule has 2 saturated heterocycles. The molecule has 0 aliphatic carbocycles. The Morgan fingerprint density at radius 3 is 2.62 bits per heavy atom. The molecule has 0 saturated carbocycles. The van der Waals surface area contributed by atoms with Gasteiger partial charge in [0.1, 0.15) is 29.6 Å². The predicted molar refractivity (Wildman–Crippen MR) is 186 cm³/mol. The van der Waals surface area contributed by atoms with Gasteiger partial charge in [0.25, 0.3) is 0 Å². The third-order valence-corrected chi connectivity index (χ3v) is 10.0. The van der Waals surface area contributed by atoms with Gasteiger partial charge in [-0.2, -0.15) is 0 Å². The third kappa shape index (κ3) is 6.23. The number of fused-ring (bicyclic) bond motifs is 3.